The van der Waals surface area contributed by atoms with Gasteiger partial charge in [0.15, 0.2) is 0 Å². The first-order valence-corrected chi connectivity index (χ1v) is 8.56. The predicted molar refractivity (Wildman–Crippen MR) is 83.8 cm³/mol. The fourth-order valence-corrected chi connectivity index (χ4v) is 2.66. The first-order chi connectivity index (χ1) is 9.66. The molecule has 0 aliphatic rings. The molecule has 0 aromatic heterocycles. The summed E-state index contributed by atoms with van der Waals surface area (Å²) in [7, 11) is -3.82. The number of sulfonamides is 1. The maximum absolute atomic E-state index is 12.1. The van der Waals surface area contributed by atoms with Crippen LogP contribution in [0.1, 0.15) is 46.1 Å². The van der Waals surface area contributed by atoms with Gasteiger partial charge in [0, 0.05) is 6.54 Å². The smallest absolute Gasteiger partial charge is 0.328 e. The molecule has 0 aliphatic carbocycles. The van der Waals surface area contributed by atoms with E-state index in [2.05, 4.69) is 26.1 Å². The van der Waals surface area contributed by atoms with Crippen LogP contribution in [0.2, 0.25) is 0 Å². The third-order valence-electron chi connectivity index (χ3n) is 3.07. The van der Waals surface area contributed by atoms with E-state index in [0.29, 0.717) is 6.54 Å². The number of amides is 2. The van der Waals surface area contributed by atoms with Crippen LogP contribution in [0.3, 0.4) is 0 Å². The van der Waals surface area contributed by atoms with Crippen molar-refractivity contribution < 1.29 is 13.2 Å². The highest BCUT2D eigenvalue weighted by Gasteiger charge is 2.19. The summed E-state index contributed by atoms with van der Waals surface area (Å²) < 4.78 is 26.1. The van der Waals surface area contributed by atoms with Crippen LogP contribution < -0.4 is 10.0 Å². The number of carbonyl (C=O) groups is 1. The minimum absolute atomic E-state index is 0.0484. The SMILES string of the molecule is CCCCNC(=O)NS(=O)(=O)c1ccc(C(C)(C)C)cc1. The van der Waals surface area contributed by atoms with Gasteiger partial charge in [-0.2, -0.15) is 0 Å². The van der Waals surface area contributed by atoms with Crippen molar-refractivity contribution in [2.45, 2.75) is 50.8 Å². The molecule has 0 saturated heterocycles. The minimum Gasteiger partial charge on any atom is -0.337 e. The normalized spacial score (nSPS) is 12.0. The van der Waals surface area contributed by atoms with Gasteiger partial charge in [0.2, 0.25) is 0 Å². The molecule has 1 rings (SSSR count). The highest BCUT2D eigenvalue weighted by molar-refractivity contribution is 7.90. The van der Waals surface area contributed by atoms with E-state index in [1.807, 2.05) is 11.6 Å². The highest BCUT2D eigenvalue weighted by Crippen LogP contribution is 2.23. The molecule has 118 valence electrons. The zero-order valence-electron chi connectivity index (χ0n) is 13.1. The Bertz CT molecular complexity index is 572. The van der Waals surface area contributed by atoms with Crippen molar-refractivity contribution in [1.82, 2.24) is 10.0 Å². The fourth-order valence-electron chi connectivity index (χ4n) is 1.73. The zero-order chi connectivity index (χ0) is 16.1. The van der Waals surface area contributed by atoms with Crippen molar-refractivity contribution in [2.24, 2.45) is 0 Å². The number of rotatable bonds is 5. The second-order valence-electron chi connectivity index (χ2n) is 5.99. The van der Waals surface area contributed by atoms with Crippen LogP contribution in [0.5, 0.6) is 0 Å². The number of urea groups is 1. The van der Waals surface area contributed by atoms with Crippen LogP contribution >= 0.6 is 0 Å². The summed E-state index contributed by atoms with van der Waals surface area (Å²) >= 11 is 0. The van der Waals surface area contributed by atoms with Crippen molar-refractivity contribution in [3.8, 4) is 0 Å². The van der Waals surface area contributed by atoms with E-state index < -0.39 is 16.1 Å². The van der Waals surface area contributed by atoms with E-state index >= 15 is 0 Å². The Kier molecular flexibility index (Phi) is 5.78. The van der Waals surface area contributed by atoms with Gasteiger partial charge < -0.3 is 5.32 Å². The van der Waals surface area contributed by atoms with Crippen molar-refractivity contribution >= 4 is 16.1 Å². The number of unbranched alkanes of at least 4 members (excludes halogenated alkanes) is 1. The summed E-state index contributed by atoms with van der Waals surface area (Å²) in [6, 6.07) is 5.88. The number of hydrogen-bond donors (Lipinski definition) is 2. The number of nitrogens with one attached hydrogen (secondary N) is 2. The first kappa shape index (κ1) is 17.5. The quantitative estimate of drug-likeness (QED) is 0.821. The molecule has 2 amide bonds. The van der Waals surface area contributed by atoms with Crippen LogP contribution in [0.15, 0.2) is 29.2 Å². The summed E-state index contributed by atoms with van der Waals surface area (Å²) in [5.74, 6) is 0. The first-order valence-electron chi connectivity index (χ1n) is 7.08. The Hall–Kier alpha value is -1.56. The lowest BCUT2D eigenvalue weighted by molar-refractivity contribution is 0.245. The predicted octanol–water partition coefficient (Wildman–Crippen LogP) is 2.77. The van der Waals surface area contributed by atoms with Gasteiger partial charge in [-0.25, -0.2) is 17.9 Å². The summed E-state index contributed by atoms with van der Waals surface area (Å²) in [6.45, 7) is 8.61. The largest absolute Gasteiger partial charge is 0.337 e. The summed E-state index contributed by atoms with van der Waals surface area (Å²) in [5, 5.41) is 2.52. The second-order valence-corrected chi connectivity index (χ2v) is 7.67. The molecule has 0 fully saturated rings. The van der Waals surface area contributed by atoms with Crippen molar-refractivity contribution in [3.63, 3.8) is 0 Å². The van der Waals surface area contributed by atoms with Gasteiger partial charge in [-0.1, -0.05) is 46.2 Å². The van der Waals surface area contributed by atoms with Crippen LogP contribution in [0.4, 0.5) is 4.79 Å². The molecule has 0 aliphatic heterocycles. The monoisotopic (exact) mass is 312 g/mol. The molecule has 5 nitrogen and oxygen atoms in total. The van der Waals surface area contributed by atoms with Crippen LogP contribution in [0, 0.1) is 0 Å². The molecule has 0 radical (unpaired) electrons. The van der Waals surface area contributed by atoms with Gasteiger partial charge in [0.05, 0.1) is 4.90 Å². The molecular weight excluding hydrogens is 288 g/mol. The highest BCUT2D eigenvalue weighted by atomic mass is 32.2. The van der Waals surface area contributed by atoms with E-state index in [9.17, 15) is 13.2 Å². The van der Waals surface area contributed by atoms with Crippen molar-refractivity contribution in [1.29, 1.82) is 0 Å². The number of carbonyl (C=O) groups excluding carboxylic acids is 1. The molecule has 0 heterocycles. The Morgan fingerprint density at radius 3 is 2.19 bits per heavy atom. The van der Waals surface area contributed by atoms with E-state index in [4.69, 9.17) is 0 Å². The number of hydrogen-bond acceptors (Lipinski definition) is 3. The Morgan fingerprint density at radius 2 is 1.71 bits per heavy atom. The third-order valence-corrected chi connectivity index (χ3v) is 4.42. The molecule has 0 saturated carbocycles. The summed E-state index contributed by atoms with van der Waals surface area (Å²) in [5.41, 5.74) is 0.988. The van der Waals surface area contributed by atoms with E-state index in [1.165, 1.54) is 12.1 Å². The molecule has 21 heavy (non-hydrogen) atoms. The van der Waals surface area contributed by atoms with Gasteiger partial charge in [-0.15, -0.1) is 0 Å². The average Bonchev–Trinajstić information content (AvgIpc) is 2.37. The van der Waals surface area contributed by atoms with Crippen LogP contribution in [-0.2, 0) is 15.4 Å². The van der Waals surface area contributed by atoms with Gasteiger partial charge >= 0.3 is 6.03 Å². The number of benzene rings is 1. The van der Waals surface area contributed by atoms with Gasteiger partial charge in [0.25, 0.3) is 10.0 Å². The molecule has 1 aromatic carbocycles. The van der Waals surface area contributed by atoms with Gasteiger partial charge in [-0.05, 0) is 29.5 Å². The van der Waals surface area contributed by atoms with Crippen molar-refractivity contribution in [3.05, 3.63) is 29.8 Å². The molecule has 2 N–H and O–H groups in total. The van der Waals surface area contributed by atoms with Crippen molar-refractivity contribution in [2.75, 3.05) is 6.54 Å². The van der Waals surface area contributed by atoms with Gasteiger partial charge in [0.1, 0.15) is 0 Å². The minimum atomic E-state index is -3.82. The lowest BCUT2D eigenvalue weighted by Gasteiger charge is -2.19. The standard InChI is InChI=1S/C15H24N2O3S/c1-5-6-11-16-14(18)17-21(19,20)13-9-7-12(8-10-13)15(2,3)4/h7-10H,5-6,11H2,1-4H3,(H2,16,17,18). The average molecular weight is 312 g/mol. The zero-order valence-corrected chi connectivity index (χ0v) is 13.9. The van der Waals surface area contributed by atoms with Gasteiger partial charge in [-0.3, -0.25) is 0 Å². The maximum atomic E-state index is 12.1. The molecule has 6 heteroatoms. The van der Waals surface area contributed by atoms with E-state index in [1.54, 1.807) is 12.1 Å². The fraction of sp³-hybridized carbons (Fsp3) is 0.533. The summed E-state index contributed by atoms with van der Waals surface area (Å²) in [6.07, 6.45) is 1.75. The van der Waals surface area contributed by atoms with E-state index in [-0.39, 0.29) is 10.3 Å². The van der Waals surface area contributed by atoms with Crippen LogP contribution in [-0.4, -0.2) is 21.0 Å². The van der Waals surface area contributed by atoms with Crippen LogP contribution in [0.25, 0.3) is 0 Å². The summed E-state index contributed by atoms with van der Waals surface area (Å²) in [4.78, 5) is 11.6. The Balaban J connectivity index is 2.77. The molecule has 0 spiro atoms. The molecule has 0 bridgehead atoms. The second kappa shape index (κ2) is 6.93. The lowest BCUT2D eigenvalue weighted by atomic mass is 9.87. The molecule has 1 aromatic rings. The van der Waals surface area contributed by atoms with E-state index in [0.717, 1.165) is 18.4 Å². The molecule has 0 atom stereocenters. The molecule has 0 unspecified atom stereocenters. The lowest BCUT2D eigenvalue weighted by Crippen LogP contribution is -2.39. The Morgan fingerprint density at radius 1 is 1.14 bits per heavy atom. The maximum Gasteiger partial charge on any atom is 0.328 e. The Labute approximate surface area is 127 Å². The molecular formula is C15H24N2O3S. The topological polar surface area (TPSA) is 75.3 Å². The third kappa shape index (κ3) is 5.38.